The van der Waals surface area contributed by atoms with Crippen molar-refractivity contribution in [1.29, 1.82) is 0 Å². The molecule has 1 atom stereocenters. The molecule has 80 valence electrons. The molecule has 0 aliphatic carbocycles. The second kappa shape index (κ2) is 3.25. The van der Waals surface area contributed by atoms with Crippen LogP contribution in [0.3, 0.4) is 0 Å². The predicted octanol–water partition coefficient (Wildman–Crippen LogP) is 2.35. The number of nitrogens with zero attached hydrogens (tertiary/aromatic N) is 1. The molecule has 1 aromatic rings. The Morgan fingerprint density at radius 2 is 1.80 bits per heavy atom. The number of benzene rings is 1. The lowest BCUT2D eigenvalue weighted by molar-refractivity contribution is -0.170. The molecule has 0 radical (unpaired) electrons. The van der Waals surface area contributed by atoms with Gasteiger partial charge in [0.15, 0.2) is 0 Å². The van der Waals surface area contributed by atoms with Crippen molar-refractivity contribution in [3.05, 3.63) is 30.3 Å². The highest BCUT2D eigenvalue weighted by molar-refractivity contribution is 6.01. The molecule has 15 heavy (non-hydrogen) atoms. The maximum atomic E-state index is 12.4. The van der Waals surface area contributed by atoms with Crippen molar-refractivity contribution in [3.8, 4) is 0 Å². The first-order valence-electron chi connectivity index (χ1n) is 4.44. The summed E-state index contributed by atoms with van der Waals surface area (Å²) in [4.78, 5) is 11.9. The van der Waals surface area contributed by atoms with Gasteiger partial charge in [-0.15, -0.1) is 0 Å². The largest absolute Gasteiger partial charge is 0.409 e. The SMILES string of the molecule is O=C1CC(C(F)(F)F)N1c1ccccc1. The Hall–Kier alpha value is -1.52. The van der Waals surface area contributed by atoms with Crippen molar-refractivity contribution >= 4 is 11.6 Å². The molecule has 0 N–H and O–H groups in total. The number of carbonyl (C=O) groups is 1. The molecule has 1 fully saturated rings. The number of anilines is 1. The highest BCUT2D eigenvalue weighted by Gasteiger charge is 2.53. The summed E-state index contributed by atoms with van der Waals surface area (Å²) < 4.78 is 37.2. The average Bonchev–Trinajstić information content (AvgIpc) is 2.14. The summed E-state index contributed by atoms with van der Waals surface area (Å²) in [5.41, 5.74) is 0.302. The molecule has 2 nitrogen and oxygen atoms in total. The second-order valence-electron chi connectivity index (χ2n) is 3.36. The maximum absolute atomic E-state index is 12.4. The molecule has 1 heterocycles. The van der Waals surface area contributed by atoms with Crippen molar-refractivity contribution in [2.24, 2.45) is 0 Å². The van der Waals surface area contributed by atoms with E-state index in [0.29, 0.717) is 5.69 Å². The van der Waals surface area contributed by atoms with Gasteiger partial charge in [0.1, 0.15) is 6.04 Å². The first-order chi connectivity index (χ1) is 7.00. The molecule has 1 aliphatic rings. The highest BCUT2D eigenvalue weighted by atomic mass is 19.4. The number of halogens is 3. The van der Waals surface area contributed by atoms with E-state index in [-0.39, 0.29) is 0 Å². The Bertz CT molecular complexity index is 374. The molecule has 0 saturated carbocycles. The van der Waals surface area contributed by atoms with E-state index in [9.17, 15) is 18.0 Å². The van der Waals surface area contributed by atoms with Gasteiger partial charge in [-0.3, -0.25) is 9.69 Å². The molecule has 0 bridgehead atoms. The number of hydrogen-bond acceptors (Lipinski definition) is 1. The van der Waals surface area contributed by atoms with Crippen molar-refractivity contribution in [3.63, 3.8) is 0 Å². The normalized spacial score (nSPS) is 21.4. The third kappa shape index (κ3) is 1.69. The monoisotopic (exact) mass is 215 g/mol. The van der Waals surface area contributed by atoms with Crippen LogP contribution in [0, 0.1) is 0 Å². The molecule has 5 heteroatoms. The lowest BCUT2D eigenvalue weighted by Crippen LogP contribution is -2.60. The Kier molecular flexibility index (Phi) is 2.17. The van der Waals surface area contributed by atoms with Gasteiger partial charge in [0.2, 0.25) is 5.91 Å². The summed E-state index contributed by atoms with van der Waals surface area (Å²) in [6, 6.07) is 6.23. The van der Waals surface area contributed by atoms with E-state index in [4.69, 9.17) is 0 Å². The molecule has 0 aromatic heterocycles. The molecule has 1 amide bonds. The molecule has 0 spiro atoms. The fourth-order valence-electron chi connectivity index (χ4n) is 1.59. The molecule has 1 unspecified atom stereocenters. The summed E-state index contributed by atoms with van der Waals surface area (Å²) in [5.74, 6) is -0.483. The smallest absolute Gasteiger partial charge is 0.300 e. The van der Waals surface area contributed by atoms with Crippen LogP contribution in [0.4, 0.5) is 18.9 Å². The summed E-state index contributed by atoms with van der Waals surface area (Å²) in [7, 11) is 0. The van der Waals surface area contributed by atoms with Gasteiger partial charge in [0.25, 0.3) is 0 Å². The van der Waals surface area contributed by atoms with Crippen molar-refractivity contribution in [2.75, 3.05) is 4.90 Å². The summed E-state index contributed by atoms with van der Waals surface area (Å²) in [6.07, 6.45) is -4.79. The van der Waals surface area contributed by atoms with Gasteiger partial charge in [-0.1, -0.05) is 18.2 Å². The maximum Gasteiger partial charge on any atom is 0.409 e. The summed E-state index contributed by atoms with van der Waals surface area (Å²) in [5, 5.41) is 0. The topological polar surface area (TPSA) is 20.3 Å². The minimum Gasteiger partial charge on any atom is -0.300 e. The summed E-state index contributed by atoms with van der Waals surface area (Å²) >= 11 is 0. The van der Waals surface area contributed by atoms with E-state index in [2.05, 4.69) is 0 Å². The van der Waals surface area contributed by atoms with Gasteiger partial charge in [0, 0.05) is 5.69 Å². The zero-order valence-corrected chi connectivity index (χ0v) is 7.66. The molecular formula is C10H8F3NO. The van der Waals surface area contributed by atoms with Crippen molar-refractivity contribution in [1.82, 2.24) is 0 Å². The third-order valence-corrected chi connectivity index (χ3v) is 2.36. The molecular weight excluding hydrogens is 207 g/mol. The Morgan fingerprint density at radius 3 is 2.27 bits per heavy atom. The summed E-state index contributed by atoms with van der Waals surface area (Å²) in [6.45, 7) is 0. The fourth-order valence-corrected chi connectivity index (χ4v) is 1.59. The van der Waals surface area contributed by atoms with Gasteiger partial charge in [-0.25, -0.2) is 0 Å². The fraction of sp³-hybridized carbons (Fsp3) is 0.300. The van der Waals surface area contributed by atoms with Crippen LogP contribution in [-0.4, -0.2) is 18.1 Å². The Morgan fingerprint density at radius 1 is 1.20 bits per heavy atom. The van der Waals surface area contributed by atoms with E-state index >= 15 is 0 Å². The van der Waals surface area contributed by atoms with Crippen LogP contribution >= 0.6 is 0 Å². The zero-order chi connectivity index (χ0) is 11.1. The van der Waals surface area contributed by atoms with Crippen LogP contribution < -0.4 is 4.90 Å². The van der Waals surface area contributed by atoms with E-state index in [1.807, 2.05) is 0 Å². The van der Waals surface area contributed by atoms with E-state index in [1.54, 1.807) is 18.2 Å². The number of amides is 1. The number of carbonyl (C=O) groups excluding carboxylic acids is 1. The lowest BCUT2D eigenvalue weighted by Gasteiger charge is -2.41. The Balaban J connectivity index is 2.25. The molecule has 1 saturated heterocycles. The molecule has 2 rings (SSSR count). The van der Waals surface area contributed by atoms with Gasteiger partial charge < -0.3 is 0 Å². The third-order valence-electron chi connectivity index (χ3n) is 2.36. The van der Waals surface area contributed by atoms with Crippen LogP contribution in [0.2, 0.25) is 0 Å². The van der Waals surface area contributed by atoms with Gasteiger partial charge >= 0.3 is 6.18 Å². The molecule has 1 aliphatic heterocycles. The zero-order valence-electron chi connectivity index (χ0n) is 7.66. The van der Waals surface area contributed by atoms with Gasteiger partial charge in [0.05, 0.1) is 6.42 Å². The first kappa shape index (κ1) is 10.0. The lowest BCUT2D eigenvalue weighted by atomic mass is 10.0. The standard InChI is InChI=1S/C10H8F3NO/c11-10(12,13)8-6-9(15)14(8)7-4-2-1-3-5-7/h1-5,8H,6H2. The van der Waals surface area contributed by atoms with E-state index in [1.165, 1.54) is 12.1 Å². The van der Waals surface area contributed by atoms with Crippen molar-refractivity contribution in [2.45, 2.75) is 18.6 Å². The molecule has 1 aromatic carbocycles. The van der Waals surface area contributed by atoms with Crippen LogP contribution in [0.5, 0.6) is 0 Å². The number of para-hydroxylation sites is 1. The Labute approximate surface area is 84.3 Å². The van der Waals surface area contributed by atoms with Gasteiger partial charge in [-0.2, -0.15) is 13.2 Å². The van der Waals surface area contributed by atoms with Crippen LogP contribution in [0.25, 0.3) is 0 Å². The van der Waals surface area contributed by atoms with Gasteiger partial charge in [-0.05, 0) is 12.1 Å². The minimum absolute atomic E-state index is 0.302. The van der Waals surface area contributed by atoms with E-state index < -0.39 is 24.5 Å². The first-order valence-corrected chi connectivity index (χ1v) is 4.44. The van der Waals surface area contributed by atoms with Crippen molar-refractivity contribution < 1.29 is 18.0 Å². The number of rotatable bonds is 1. The predicted molar refractivity (Wildman–Crippen MR) is 48.4 cm³/mol. The van der Waals surface area contributed by atoms with Crippen LogP contribution in [0.15, 0.2) is 30.3 Å². The average molecular weight is 215 g/mol. The second-order valence-corrected chi connectivity index (χ2v) is 3.36. The minimum atomic E-state index is -4.34. The number of alkyl halides is 3. The number of β-lactam (4-membered cyclic amide) rings is 1. The van der Waals surface area contributed by atoms with Crippen LogP contribution in [-0.2, 0) is 4.79 Å². The quantitative estimate of drug-likeness (QED) is 0.658. The highest BCUT2D eigenvalue weighted by Crippen LogP contribution is 2.37. The van der Waals surface area contributed by atoms with Crippen LogP contribution in [0.1, 0.15) is 6.42 Å². The number of hydrogen-bond donors (Lipinski definition) is 0. The van der Waals surface area contributed by atoms with E-state index in [0.717, 1.165) is 4.90 Å².